The first-order chi connectivity index (χ1) is 14.7. The van der Waals surface area contributed by atoms with Crippen molar-refractivity contribution in [1.82, 2.24) is 9.55 Å². The number of hydrogen-bond donors (Lipinski definition) is 2. The number of aromatic amines is 1. The molecule has 1 aromatic carbocycles. The summed E-state index contributed by atoms with van der Waals surface area (Å²) in [6, 6.07) is 4.65. The average Bonchev–Trinajstić information content (AvgIpc) is 3.04. The molecule has 0 saturated carbocycles. The van der Waals surface area contributed by atoms with E-state index in [0.29, 0.717) is 15.6 Å². The first-order valence-electron chi connectivity index (χ1n) is 9.78. The van der Waals surface area contributed by atoms with Crippen LogP contribution in [0.15, 0.2) is 27.8 Å². The van der Waals surface area contributed by atoms with Crippen molar-refractivity contribution in [2.24, 2.45) is 5.92 Å². The molecule has 0 spiro atoms. The van der Waals surface area contributed by atoms with Crippen LogP contribution < -0.4 is 21.9 Å². The summed E-state index contributed by atoms with van der Waals surface area (Å²) < 4.78 is 21.3. The third-order valence-electron chi connectivity index (χ3n) is 4.89. The van der Waals surface area contributed by atoms with Gasteiger partial charge in [0.15, 0.2) is 5.69 Å². The number of ether oxygens (including phenoxy) is 1. The Hall–Kier alpha value is -2.98. The molecule has 8 nitrogen and oxygen atoms in total. The zero-order valence-corrected chi connectivity index (χ0v) is 18.6. The van der Waals surface area contributed by atoms with Gasteiger partial charge in [-0.2, -0.15) is 0 Å². The van der Waals surface area contributed by atoms with Gasteiger partial charge in [0.05, 0.1) is 11.5 Å². The Morgan fingerprint density at radius 3 is 2.68 bits per heavy atom. The molecule has 10 heteroatoms. The zero-order valence-electron chi connectivity index (χ0n) is 17.8. The van der Waals surface area contributed by atoms with Gasteiger partial charge in [0.2, 0.25) is 0 Å². The molecule has 0 atom stereocenters. The van der Waals surface area contributed by atoms with Gasteiger partial charge in [-0.05, 0) is 30.5 Å². The van der Waals surface area contributed by atoms with Crippen molar-refractivity contribution < 1.29 is 13.9 Å². The number of carbonyl (C=O) groups is 1. The SMILES string of the molecule is COCCN(C(=O)c1sc2cccc(F)c2c1C)c1c(N)n(CC(C)C)c(=O)[nH]c1=O. The maximum atomic E-state index is 14.3. The quantitative estimate of drug-likeness (QED) is 0.577. The smallest absolute Gasteiger partial charge is 0.330 e. The fourth-order valence-corrected chi connectivity index (χ4v) is 4.63. The molecule has 2 heterocycles. The lowest BCUT2D eigenvalue weighted by Crippen LogP contribution is -2.42. The Labute approximate surface area is 182 Å². The number of carbonyl (C=O) groups excluding carboxylic acids is 1. The third-order valence-corrected chi connectivity index (χ3v) is 6.14. The van der Waals surface area contributed by atoms with Crippen LogP contribution in [0.3, 0.4) is 0 Å². The minimum absolute atomic E-state index is 0.0265. The Bertz CT molecular complexity index is 1240. The molecule has 0 saturated heterocycles. The summed E-state index contributed by atoms with van der Waals surface area (Å²) in [6.07, 6.45) is 0. The first kappa shape index (κ1) is 22.7. The number of fused-ring (bicyclic) bond motifs is 1. The van der Waals surface area contributed by atoms with E-state index in [2.05, 4.69) is 4.98 Å². The monoisotopic (exact) mass is 448 g/mol. The number of rotatable bonds is 7. The standard InChI is InChI=1S/C21H25FN4O4S/c1-11(2)10-26-18(23)16(19(27)24-21(26)29)25(8-9-30-4)20(28)17-12(3)15-13(22)6-5-7-14(15)31-17/h5-7,11H,8-10,23H2,1-4H3,(H,24,27,29). The van der Waals surface area contributed by atoms with E-state index in [1.165, 1.54) is 22.6 Å². The van der Waals surface area contributed by atoms with Crippen LogP contribution >= 0.6 is 11.3 Å². The summed E-state index contributed by atoms with van der Waals surface area (Å²) in [5, 5.41) is 0.370. The van der Waals surface area contributed by atoms with Crippen molar-refractivity contribution >= 4 is 38.8 Å². The van der Waals surface area contributed by atoms with Gasteiger partial charge >= 0.3 is 5.69 Å². The first-order valence-corrected chi connectivity index (χ1v) is 10.6. The lowest BCUT2D eigenvalue weighted by atomic mass is 10.1. The number of hydrogen-bond acceptors (Lipinski definition) is 6. The van der Waals surface area contributed by atoms with Crippen molar-refractivity contribution in [2.75, 3.05) is 30.9 Å². The summed E-state index contributed by atoms with van der Waals surface area (Å²) in [5.74, 6) is -0.953. The number of nitrogens with one attached hydrogen (secondary N) is 1. The summed E-state index contributed by atoms with van der Waals surface area (Å²) in [7, 11) is 1.47. The summed E-state index contributed by atoms with van der Waals surface area (Å²) >= 11 is 1.14. The number of H-pyrrole nitrogens is 1. The number of nitrogen functional groups attached to an aromatic ring is 1. The summed E-state index contributed by atoms with van der Waals surface area (Å²) in [6.45, 7) is 5.90. The van der Waals surface area contributed by atoms with Gasteiger partial charge in [0, 0.05) is 30.3 Å². The van der Waals surface area contributed by atoms with Crippen LogP contribution in [-0.4, -0.2) is 35.7 Å². The number of nitrogens with zero attached hydrogens (tertiary/aromatic N) is 2. The number of nitrogens with two attached hydrogens (primary N) is 1. The van der Waals surface area contributed by atoms with Crippen LogP contribution in [0.25, 0.3) is 10.1 Å². The van der Waals surface area contributed by atoms with E-state index in [1.54, 1.807) is 19.1 Å². The number of anilines is 2. The second-order valence-corrected chi connectivity index (χ2v) is 8.67. The molecule has 166 valence electrons. The van der Waals surface area contributed by atoms with Crippen molar-refractivity contribution in [3.8, 4) is 0 Å². The molecule has 2 aromatic heterocycles. The van der Waals surface area contributed by atoms with E-state index in [4.69, 9.17) is 10.5 Å². The highest BCUT2D eigenvalue weighted by Crippen LogP contribution is 2.34. The van der Waals surface area contributed by atoms with Gasteiger partial charge in [-0.15, -0.1) is 11.3 Å². The maximum Gasteiger partial charge on any atom is 0.330 e. The molecule has 31 heavy (non-hydrogen) atoms. The molecule has 1 amide bonds. The molecule has 3 N–H and O–H groups in total. The van der Waals surface area contributed by atoms with Crippen LogP contribution in [0.2, 0.25) is 0 Å². The van der Waals surface area contributed by atoms with Crippen molar-refractivity contribution in [3.63, 3.8) is 0 Å². The fraction of sp³-hybridized carbons (Fsp3) is 0.381. The van der Waals surface area contributed by atoms with Crippen molar-refractivity contribution in [1.29, 1.82) is 0 Å². The highest BCUT2D eigenvalue weighted by atomic mass is 32.1. The molecule has 0 unspecified atom stereocenters. The van der Waals surface area contributed by atoms with Crippen molar-refractivity contribution in [2.45, 2.75) is 27.3 Å². The van der Waals surface area contributed by atoms with Gasteiger partial charge < -0.3 is 10.5 Å². The second kappa shape index (κ2) is 9.03. The third kappa shape index (κ3) is 4.26. The number of aromatic nitrogens is 2. The van der Waals surface area contributed by atoms with Crippen LogP contribution in [0.4, 0.5) is 15.9 Å². The van der Waals surface area contributed by atoms with E-state index >= 15 is 0 Å². The van der Waals surface area contributed by atoms with E-state index in [9.17, 15) is 18.8 Å². The lowest BCUT2D eigenvalue weighted by Gasteiger charge is -2.24. The Morgan fingerprint density at radius 1 is 1.35 bits per heavy atom. The number of amides is 1. The lowest BCUT2D eigenvalue weighted by molar-refractivity contribution is 0.0979. The van der Waals surface area contributed by atoms with Crippen LogP contribution in [0, 0.1) is 18.7 Å². The number of benzene rings is 1. The van der Waals surface area contributed by atoms with Crippen LogP contribution in [0.1, 0.15) is 29.1 Å². The summed E-state index contributed by atoms with van der Waals surface area (Å²) in [5.41, 5.74) is 5.16. The summed E-state index contributed by atoms with van der Waals surface area (Å²) in [4.78, 5) is 42.3. The van der Waals surface area contributed by atoms with E-state index in [1.807, 2.05) is 13.8 Å². The molecule has 0 aliphatic heterocycles. The Balaban J connectivity index is 2.19. The minimum atomic E-state index is -0.767. The van der Waals surface area contributed by atoms with Crippen LogP contribution in [0.5, 0.6) is 0 Å². The van der Waals surface area contributed by atoms with E-state index in [0.717, 1.165) is 11.3 Å². The van der Waals surface area contributed by atoms with Crippen molar-refractivity contribution in [3.05, 3.63) is 55.3 Å². The fourth-order valence-electron chi connectivity index (χ4n) is 3.46. The molecule has 0 radical (unpaired) electrons. The molecule has 3 aromatic rings. The van der Waals surface area contributed by atoms with Gasteiger partial charge in [0.1, 0.15) is 11.6 Å². The van der Waals surface area contributed by atoms with Gasteiger partial charge in [-0.1, -0.05) is 19.9 Å². The highest BCUT2D eigenvalue weighted by molar-refractivity contribution is 7.21. The Morgan fingerprint density at radius 2 is 2.06 bits per heavy atom. The molecular weight excluding hydrogens is 423 g/mol. The van der Waals surface area contributed by atoms with Gasteiger partial charge in [0.25, 0.3) is 11.5 Å². The largest absolute Gasteiger partial charge is 0.383 e. The second-order valence-electron chi connectivity index (χ2n) is 7.62. The van der Waals surface area contributed by atoms with Gasteiger partial charge in [-0.25, -0.2) is 9.18 Å². The Kier molecular flexibility index (Phi) is 6.61. The average molecular weight is 449 g/mol. The van der Waals surface area contributed by atoms with Crippen LogP contribution in [-0.2, 0) is 11.3 Å². The molecule has 0 fully saturated rings. The number of aryl methyl sites for hydroxylation is 1. The number of methoxy groups -OCH3 is 1. The predicted octanol–water partition coefficient (Wildman–Crippen LogP) is 2.73. The molecule has 3 rings (SSSR count). The topological polar surface area (TPSA) is 110 Å². The van der Waals surface area contributed by atoms with E-state index in [-0.39, 0.29) is 42.0 Å². The predicted molar refractivity (Wildman–Crippen MR) is 121 cm³/mol. The molecule has 0 aliphatic rings. The number of halogens is 1. The van der Waals surface area contributed by atoms with E-state index < -0.39 is 23.0 Å². The number of thiophene rings is 1. The molecule has 0 aliphatic carbocycles. The normalized spacial score (nSPS) is 11.4. The minimum Gasteiger partial charge on any atom is -0.383 e. The molecule has 0 bridgehead atoms. The molecular formula is C21H25FN4O4S. The maximum absolute atomic E-state index is 14.3. The zero-order chi connectivity index (χ0) is 22.9. The highest BCUT2D eigenvalue weighted by Gasteiger charge is 2.28. The van der Waals surface area contributed by atoms with Gasteiger partial charge in [-0.3, -0.25) is 24.0 Å².